The van der Waals surface area contributed by atoms with Crippen LogP contribution in [0, 0.1) is 0 Å². The molecule has 0 aromatic heterocycles. The molecule has 0 fully saturated rings. The molecule has 0 saturated heterocycles. The molecule has 0 aromatic carbocycles. The molecule has 3 nitrogen and oxygen atoms in total. The molecule has 0 N–H and O–H groups in total. The van der Waals surface area contributed by atoms with E-state index in [9.17, 15) is 4.79 Å². The molecule has 0 atom stereocenters. The van der Waals surface area contributed by atoms with Crippen molar-refractivity contribution in [3.8, 4) is 0 Å². The molecule has 0 aliphatic rings. The minimum Gasteiger partial charge on any atom is -0.463 e. The van der Waals surface area contributed by atoms with Gasteiger partial charge in [-0.15, -0.1) is 0 Å². The SMILES string of the molecule is C=CC(=O)OCCCC[Si](CC)(CC)OCC. The Hall–Kier alpha value is -0.613. The molecule has 0 amide bonds. The number of carbonyl (C=O) groups excluding carboxylic acids is 1. The van der Waals surface area contributed by atoms with Crippen LogP contribution in [0.5, 0.6) is 0 Å². The van der Waals surface area contributed by atoms with Gasteiger partial charge in [0.15, 0.2) is 8.32 Å². The summed E-state index contributed by atoms with van der Waals surface area (Å²) in [4.78, 5) is 10.8. The van der Waals surface area contributed by atoms with E-state index in [4.69, 9.17) is 9.16 Å². The van der Waals surface area contributed by atoms with Gasteiger partial charge >= 0.3 is 5.97 Å². The van der Waals surface area contributed by atoms with Crippen LogP contribution in [0.15, 0.2) is 12.7 Å². The average Bonchev–Trinajstić information content (AvgIpc) is 2.36. The summed E-state index contributed by atoms with van der Waals surface area (Å²) in [5.74, 6) is -0.329. The molecular weight excluding hydrogens is 232 g/mol. The Balaban J connectivity index is 3.82. The van der Waals surface area contributed by atoms with Crippen molar-refractivity contribution in [3.63, 3.8) is 0 Å². The molecule has 0 radical (unpaired) electrons. The Labute approximate surface area is 106 Å². The number of hydrogen-bond donors (Lipinski definition) is 0. The third-order valence-corrected chi connectivity index (χ3v) is 7.92. The number of hydrogen-bond acceptors (Lipinski definition) is 3. The molecule has 100 valence electrons. The predicted octanol–water partition coefficient (Wildman–Crippen LogP) is 3.52. The fraction of sp³-hybridized carbons (Fsp3) is 0.769. The first-order valence-electron chi connectivity index (χ1n) is 6.57. The maximum absolute atomic E-state index is 10.8. The van der Waals surface area contributed by atoms with E-state index in [1.807, 2.05) is 0 Å². The minimum absolute atomic E-state index is 0.329. The van der Waals surface area contributed by atoms with Crippen molar-refractivity contribution in [3.05, 3.63) is 12.7 Å². The first kappa shape index (κ1) is 16.4. The van der Waals surface area contributed by atoms with Gasteiger partial charge in [-0.1, -0.05) is 26.8 Å². The topological polar surface area (TPSA) is 35.5 Å². The molecule has 0 aromatic rings. The van der Waals surface area contributed by atoms with Gasteiger partial charge in [-0.2, -0.15) is 0 Å². The summed E-state index contributed by atoms with van der Waals surface area (Å²) in [6, 6.07) is 3.51. The van der Waals surface area contributed by atoms with Crippen molar-refractivity contribution < 1.29 is 14.0 Å². The van der Waals surface area contributed by atoms with Crippen molar-refractivity contribution in [2.24, 2.45) is 0 Å². The number of unbranched alkanes of at least 4 members (excludes halogenated alkanes) is 1. The highest BCUT2D eigenvalue weighted by Gasteiger charge is 2.29. The summed E-state index contributed by atoms with van der Waals surface area (Å²) >= 11 is 0. The highest BCUT2D eigenvalue weighted by Crippen LogP contribution is 2.24. The predicted molar refractivity (Wildman–Crippen MR) is 73.5 cm³/mol. The standard InChI is InChI=1S/C13H26O3Si/c1-5-13(14)15-11-9-10-12-17(7-3,8-4)16-6-2/h5H,1,6-12H2,2-4H3. The van der Waals surface area contributed by atoms with E-state index in [0.29, 0.717) is 6.61 Å². The number of carbonyl (C=O) groups is 1. The number of esters is 1. The van der Waals surface area contributed by atoms with Crippen LogP contribution in [0.3, 0.4) is 0 Å². The van der Waals surface area contributed by atoms with E-state index in [1.165, 1.54) is 24.2 Å². The Morgan fingerprint density at radius 2 is 1.88 bits per heavy atom. The van der Waals surface area contributed by atoms with Crippen LogP contribution in [0.4, 0.5) is 0 Å². The van der Waals surface area contributed by atoms with Crippen molar-refractivity contribution in [1.29, 1.82) is 0 Å². The summed E-state index contributed by atoms with van der Waals surface area (Å²) in [5.41, 5.74) is 0. The molecule has 0 aliphatic carbocycles. The minimum atomic E-state index is -1.49. The largest absolute Gasteiger partial charge is 0.463 e. The highest BCUT2D eigenvalue weighted by molar-refractivity contribution is 6.73. The number of rotatable bonds is 10. The molecule has 4 heteroatoms. The average molecular weight is 258 g/mol. The Morgan fingerprint density at radius 3 is 2.35 bits per heavy atom. The lowest BCUT2D eigenvalue weighted by Gasteiger charge is -2.28. The van der Waals surface area contributed by atoms with E-state index in [-0.39, 0.29) is 5.97 Å². The van der Waals surface area contributed by atoms with E-state index in [0.717, 1.165) is 19.4 Å². The van der Waals surface area contributed by atoms with Crippen molar-refractivity contribution in [2.45, 2.75) is 51.7 Å². The van der Waals surface area contributed by atoms with Crippen LogP contribution in [0.2, 0.25) is 18.1 Å². The zero-order valence-corrected chi connectivity index (χ0v) is 12.5. The fourth-order valence-electron chi connectivity index (χ4n) is 1.97. The Kier molecular flexibility index (Phi) is 9.08. The second-order valence-corrected chi connectivity index (χ2v) is 8.72. The first-order chi connectivity index (χ1) is 8.14. The van der Waals surface area contributed by atoms with Crippen LogP contribution in [0.1, 0.15) is 33.6 Å². The van der Waals surface area contributed by atoms with Gasteiger partial charge < -0.3 is 9.16 Å². The Morgan fingerprint density at radius 1 is 1.24 bits per heavy atom. The van der Waals surface area contributed by atoms with Gasteiger partial charge in [-0.3, -0.25) is 0 Å². The zero-order chi connectivity index (χ0) is 13.1. The van der Waals surface area contributed by atoms with Gasteiger partial charge in [-0.25, -0.2) is 4.79 Å². The molecule has 17 heavy (non-hydrogen) atoms. The highest BCUT2D eigenvalue weighted by atomic mass is 28.4. The van der Waals surface area contributed by atoms with Gasteiger partial charge in [0.25, 0.3) is 0 Å². The third-order valence-electron chi connectivity index (χ3n) is 3.18. The van der Waals surface area contributed by atoms with Gasteiger partial charge in [0.05, 0.1) is 6.61 Å². The summed E-state index contributed by atoms with van der Waals surface area (Å²) < 4.78 is 10.9. The summed E-state index contributed by atoms with van der Waals surface area (Å²) in [6.45, 7) is 11.2. The molecule has 0 bridgehead atoms. The maximum atomic E-state index is 10.8. The second-order valence-electron chi connectivity index (χ2n) is 4.15. The van der Waals surface area contributed by atoms with Gasteiger partial charge in [0, 0.05) is 12.7 Å². The lowest BCUT2D eigenvalue weighted by atomic mass is 10.4. The van der Waals surface area contributed by atoms with Crippen LogP contribution in [-0.4, -0.2) is 27.5 Å². The first-order valence-corrected chi connectivity index (χ1v) is 9.10. The van der Waals surface area contributed by atoms with Crippen molar-refractivity contribution in [2.75, 3.05) is 13.2 Å². The maximum Gasteiger partial charge on any atom is 0.330 e. The Bertz CT molecular complexity index is 225. The molecule has 0 saturated carbocycles. The lowest BCUT2D eigenvalue weighted by Crippen LogP contribution is -2.36. The van der Waals surface area contributed by atoms with Crippen LogP contribution >= 0.6 is 0 Å². The molecule has 0 aliphatic heterocycles. The zero-order valence-electron chi connectivity index (χ0n) is 11.5. The quantitative estimate of drug-likeness (QED) is 0.260. The molecule has 0 spiro atoms. The van der Waals surface area contributed by atoms with Crippen LogP contribution < -0.4 is 0 Å². The van der Waals surface area contributed by atoms with E-state index in [2.05, 4.69) is 27.4 Å². The normalized spacial score (nSPS) is 11.2. The van der Waals surface area contributed by atoms with Crippen molar-refractivity contribution >= 4 is 14.3 Å². The van der Waals surface area contributed by atoms with Gasteiger partial charge in [0.1, 0.15) is 0 Å². The van der Waals surface area contributed by atoms with Crippen LogP contribution in [-0.2, 0) is 14.0 Å². The van der Waals surface area contributed by atoms with E-state index < -0.39 is 8.32 Å². The summed E-state index contributed by atoms with van der Waals surface area (Å²) in [5, 5.41) is 0. The lowest BCUT2D eigenvalue weighted by molar-refractivity contribution is -0.137. The fourth-order valence-corrected chi connectivity index (χ4v) is 5.23. The van der Waals surface area contributed by atoms with E-state index in [1.54, 1.807) is 0 Å². The molecule has 0 heterocycles. The van der Waals surface area contributed by atoms with Crippen LogP contribution in [0.25, 0.3) is 0 Å². The smallest absolute Gasteiger partial charge is 0.330 e. The number of ether oxygens (including phenoxy) is 1. The molecular formula is C13H26O3Si. The van der Waals surface area contributed by atoms with E-state index >= 15 is 0 Å². The van der Waals surface area contributed by atoms with Gasteiger partial charge in [-0.05, 0) is 31.5 Å². The van der Waals surface area contributed by atoms with Crippen molar-refractivity contribution in [1.82, 2.24) is 0 Å². The summed E-state index contributed by atoms with van der Waals surface area (Å²) in [7, 11) is -1.49. The molecule has 0 unspecified atom stereocenters. The third kappa shape index (κ3) is 6.63. The molecule has 0 rings (SSSR count). The second kappa shape index (κ2) is 9.42. The monoisotopic (exact) mass is 258 g/mol. The van der Waals surface area contributed by atoms with Gasteiger partial charge in [0.2, 0.25) is 0 Å². The summed E-state index contributed by atoms with van der Waals surface area (Å²) in [6.07, 6.45) is 3.21.